The number of nitrogens with one attached hydrogen (secondary N) is 2. The molecule has 0 aliphatic rings. The van der Waals surface area contributed by atoms with Gasteiger partial charge in [-0.15, -0.1) is 0 Å². The lowest BCUT2D eigenvalue weighted by molar-refractivity contribution is -0.141. The Kier molecular flexibility index (Phi) is 10.7. The van der Waals surface area contributed by atoms with Gasteiger partial charge < -0.3 is 25.4 Å². The third-order valence-corrected chi connectivity index (χ3v) is 6.40. The van der Waals surface area contributed by atoms with Crippen LogP contribution in [0.15, 0.2) is 42.5 Å². The number of benzene rings is 2. The van der Waals surface area contributed by atoms with Gasteiger partial charge in [-0.05, 0) is 75.8 Å². The molecule has 0 spiro atoms. The first kappa shape index (κ1) is 30.7. The van der Waals surface area contributed by atoms with Crippen molar-refractivity contribution in [2.24, 2.45) is 5.92 Å². The lowest BCUT2D eigenvalue weighted by Gasteiger charge is -2.36. The number of hydrogen-bond donors (Lipinski definition) is 3. The Morgan fingerprint density at radius 1 is 1.00 bits per heavy atom. The van der Waals surface area contributed by atoms with Crippen molar-refractivity contribution >= 4 is 23.6 Å². The maximum Gasteiger partial charge on any atom is 0.408 e. The van der Waals surface area contributed by atoms with Gasteiger partial charge in [-0.25, -0.2) is 4.79 Å². The van der Waals surface area contributed by atoms with E-state index in [9.17, 15) is 19.5 Å². The first-order valence-electron chi connectivity index (χ1n) is 13.2. The summed E-state index contributed by atoms with van der Waals surface area (Å²) in [6.45, 7) is 15.1. The van der Waals surface area contributed by atoms with Gasteiger partial charge in [0.1, 0.15) is 23.4 Å². The summed E-state index contributed by atoms with van der Waals surface area (Å²) in [6.07, 6.45) is 0.537. The molecule has 0 saturated carbocycles. The van der Waals surface area contributed by atoms with Crippen LogP contribution < -0.4 is 10.6 Å². The minimum atomic E-state index is -0.992. The van der Waals surface area contributed by atoms with Crippen LogP contribution in [0.5, 0.6) is 5.75 Å². The fourth-order valence-corrected chi connectivity index (χ4v) is 4.24. The number of nitrogens with zero attached hydrogens (tertiary/aromatic N) is 1. The molecule has 38 heavy (non-hydrogen) atoms. The van der Waals surface area contributed by atoms with Crippen LogP contribution in [-0.2, 0) is 14.3 Å². The molecule has 2 aromatic rings. The zero-order valence-electron chi connectivity index (χ0n) is 23.9. The second-order valence-corrected chi connectivity index (χ2v) is 10.8. The second kappa shape index (κ2) is 13.3. The van der Waals surface area contributed by atoms with Gasteiger partial charge in [0.15, 0.2) is 0 Å². The lowest BCUT2D eigenvalue weighted by Crippen LogP contribution is -2.54. The van der Waals surface area contributed by atoms with Crippen molar-refractivity contribution in [2.75, 3.05) is 11.9 Å². The van der Waals surface area contributed by atoms with Crippen LogP contribution in [0.1, 0.15) is 77.1 Å². The van der Waals surface area contributed by atoms with Gasteiger partial charge in [-0.1, -0.05) is 57.5 Å². The van der Waals surface area contributed by atoms with Crippen molar-refractivity contribution in [1.29, 1.82) is 0 Å². The monoisotopic (exact) mass is 525 g/mol. The number of alkyl carbamates (subject to hydrolysis) is 1. The summed E-state index contributed by atoms with van der Waals surface area (Å²) in [5, 5.41) is 15.7. The molecule has 0 saturated heterocycles. The molecule has 0 fully saturated rings. The number of hydrogen-bond acceptors (Lipinski definition) is 5. The number of carbonyl (C=O) groups is 3. The molecule has 0 heterocycles. The molecule has 0 radical (unpaired) electrons. The summed E-state index contributed by atoms with van der Waals surface area (Å²) in [6, 6.07) is 10.1. The van der Waals surface area contributed by atoms with E-state index in [1.807, 2.05) is 52.8 Å². The highest BCUT2D eigenvalue weighted by atomic mass is 16.6. The Labute approximate surface area is 226 Å². The van der Waals surface area contributed by atoms with Crippen molar-refractivity contribution in [3.05, 3.63) is 59.2 Å². The Morgan fingerprint density at radius 2 is 1.58 bits per heavy atom. The number of amides is 3. The summed E-state index contributed by atoms with van der Waals surface area (Å²) < 4.78 is 5.44. The minimum Gasteiger partial charge on any atom is -0.508 e. The number of anilines is 1. The number of para-hydroxylation sites is 1. The number of rotatable bonds is 10. The molecule has 208 valence electrons. The van der Waals surface area contributed by atoms with E-state index >= 15 is 0 Å². The molecular weight excluding hydrogens is 482 g/mol. The van der Waals surface area contributed by atoms with E-state index in [0.717, 1.165) is 11.1 Å². The summed E-state index contributed by atoms with van der Waals surface area (Å²) in [4.78, 5) is 42.3. The average Bonchev–Trinajstić information content (AvgIpc) is 2.83. The zero-order valence-corrected chi connectivity index (χ0v) is 23.9. The van der Waals surface area contributed by atoms with E-state index in [0.29, 0.717) is 24.1 Å². The smallest absolute Gasteiger partial charge is 0.408 e. The van der Waals surface area contributed by atoms with Crippen LogP contribution in [0.2, 0.25) is 0 Å². The number of aromatic hydroxyl groups is 1. The number of ether oxygens (including phenoxy) is 1. The first-order chi connectivity index (χ1) is 17.8. The number of phenolic OH excluding ortho intramolecular Hbond substituents is 1. The van der Waals surface area contributed by atoms with E-state index in [1.165, 1.54) is 17.0 Å². The minimum absolute atomic E-state index is 0.0556. The average molecular weight is 526 g/mol. The molecule has 8 heteroatoms. The molecule has 0 aromatic heterocycles. The van der Waals surface area contributed by atoms with E-state index < -0.39 is 23.8 Å². The summed E-state index contributed by atoms with van der Waals surface area (Å²) in [7, 11) is 0. The van der Waals surface area contributed by atoms with Crippen LogP contribution >= 0.6 is 0 Å². The molecule has 0 aliphatic carbocycles. The van der Waals surface area contributed by atoms with E-state index in [1.54, 1.807) is 32.9 Å². The largest absolute Gasteiger partial charge is 0.508 e. The van der Waals surface area contributed by atoms with Gasteiger partial charge in [0.2, 0.25) is 5.91 Å². The van der Waals surface area contributed by atoms with Crippen molar-refractivity contribution < 1.29 is 24.2 Å². The van der Waals surface area contributed by atoms with Crippen molar-refractivity contribution in [3.63, 3.8) is 0 Å². The second-order valence-electron chi connectivity index (χ2n) is 10.8. The third kappa shape index (κ3) is 8.23. The zero-order chi connectivity index (χ0) is 28.6. The Hall–Kier alpha value is -3.55. The molecule has 0 bridgehead atoms. The standard InChI is InChI=1S/C30H43N3O5/c1-9-18-33(28(36)25(19(3)10-2)32-29(37)38-30(6,7)8)26(22-14-16-23(34)17-15-22)27(35)31-24-20(4)12-11-13-21(24)5/h11-17,19,25-26,34H,9-10,18H2,1-8H3,(H,31,35)(H,32,37). The van der Waals surface area contributed by atoms with Gasteiger partial charge in [0, 0.05) is 12.2 Å². The highest BCUT2D eigenvalue weighted by molar-refractivity contribution is 6.00. The molecule has 3 atom stereocenters. The summed E-state index contributed by atoms with van der Waals surface area (Å²) in [5.74, 6) is -0.909. The van der Waals surface area contributed by atoms with E-state index in [-0.39, 0.29) is 30.0 Å². The van der Waals surface area contributed by atoms with Crippen molar-refractivity contribution in [2.45, 2.75) is 85.9 Å². The number of phenols is 1. The predicted molar refractivity (Wildman–Crippen MR) is 150 cm³/mol. The van der Waals surface area contributed by atoms with Gasteiger partial charge in [0.05, 0.1) is 0 Å². The van der Waals surface area contributed by atoms with Gasteiger partial charge >= 0.3 is 6.09 Å². The van der Waals surface area contributed by atoms with Crippen molar-refractivity contribution in [1.82, 2.24) is 10.2 Å². The van der Waals surface area contributed by atoms with Crippen molar-refractivity contribution in [3.8, 4) is 5.75 Å². The maximum atomic E-state index is 14.1. The molecule has 8 nitrogen and oxygen atoms in total. The van der Waals surface area contributed by atoms with Crippen LogP contribution in [0.4, 0.5) is 10.5 Å². The van der Waals surface area contributed by atoms with Crippen LogP contribution in [0.25, 0.3) is 0 Å². The highest BCUT2D eigenvalue weighted by Gasteiger charge is 2.38. The number of carbonyl (C=O) groups excluding carboxylic acids is 3. The quantitative estimate of drug-likeness (QED) is 0.360. The van der Waals surface area contributed by atoms with E-state index in [2.05, 4.69) is 10.6 Å². The molecular formula is C30H43N3O5. The van der Waals surface area contributed by atoms with Crippen LogP contribution in [-0.4, -0.2) is 46.1 Å². The van der Waals surface area contributed by atoms with Gasteiger partial charge in [-0.2, -0.15) is 0 Å². The topological polar surface area (TPSA) is 108 Å². The van der Waals surface area contributed by atoms with Gasteiger partial charge in [-0.3, -0.25) is 9.59 Å². The molecule has 3 N–H and O–H groups in total. The molecule has 0 aliphatic heterocycles. The summed E-state index contributed by atoms with van der Waals surface area (Å²) in [5.41, 5.74) is 2.32. The predicted octanol–water partition coefficient (Wildman–Crippen LogP) is 5.87. The molecule has 2 rings (SSSR count). The van der Waals surface area contributed by atoms with Gasteiger partial charge in [0.25, 0.3) is 5.91 Å². The van der Waals surface area contributed by atoms with E-state index in [4.69, 9.17) is 4.74 Å². The number of aryl methyl sites for hydroxylation is 2. The normalized spacial score (nSPS) is 13.7. The fraction of sp³-hybridized carbons (Fsp3) is 0.500. The Balaban J connectivity index is 2.55. The van der Waals surface area contributed by atoms with Crippen LogP contribution in [0, 0.1) is 19.8 Å². The SMILES string of the molecule is CCCN(C(=O)C(NC(=O)OC(C)(C)C)C(C)CC)C(C(=O)Nc1c(C)cccc1C)c1ccc(O)cc1. The fourth-order valence-electron chi connectivity index (χ4n) is 4.24. The Morgan fingerprint density at radius 3 is 2.08 bits per heavy atom. The lowest BCUT2D eigenvalue weighted by atomic mass is 9.95. The molecule has 2 aromatic carbocycles. The maximum absolute atomic E-state index is 14.1. The molecule has 3 unspecified atom stereocenters. The molecule has 3 amide bonds. The first-order valence-corrected chi connectivity index (χ1v) is 13.2. The Bertz CT molecular complexity index is 1090. The summed E-state index contributed by atoms with van der Waals surface area (Å²) >= 11 is 0. The highest BCUT2D eigenvalue weighted by Crippen LogP contribution is 2.29. The third-order valence-electron chi connectivity index (χ3n) is 6.40. The van der Waals surface area contributed by atoms with Crippen LogP contribution in [0.3, 0.4) is 0 Å².